The van der Waals surface area contributed by atoms with Crippen LogP contribution >= 0.6 is 27.5 Å². The van der Waals surface area contributed by atoms with Crippen molar-refractivity contribution in [2.75, 3.05) is 24.6 Å². The molecule has 0 radical (unpaired) electrons. The molecule has 1 saturated heterocycles. The predicted octanol–water partition coefficient (Wildman–Crippen LogP) is 1.48. The van der Waals surface area contributed by atoms with Gasteiger partial charge in [0.15, 0.2) is 0 Å². The van der Waals surface area contributed by atoms with Gasteiger partial charge in [-0.05, 0) is 34.5 Å². The lowest BCUT2D eigenvalue weighted by Gasteiger charge is -2.37. The maximum absolute atomic E-state index is 9.18. The molecule has 1 N–H and O–H groups in total. The molecular formula is C10H13BrClN3O2. The maximum Gasteiger partial charge on any atom is 0.224 e. The zero-order valence-electron chi connectivity index (χ0n) is 9.31. The highest BCUT2D eigenvalue weighted by Gasteiger charge is 2.27. The zero-order chi connectivity index (χ0) is 12.4. The van der Waals surface area contributed by atoms with Crippen LogP contribution in [0.4, 0.5) is 5.82 Å². The second-order valence-corrected chi connectivity index (χ2v) is 5.16. The molecule has 94 valence electrons. The molecule has 0 saturated carbocycles. The smallest absolute Gasteiger partial charge is 0.224 e. The van der Waals surface area contributed by atoms with Crippen molar-refractivity contribution in [3.63, 3.8) is 0 Å². The average molecular weight is 323 g/mol. The fraction of sp³-hybridized carbons (Fsp3) is 0.600. The van der Waals surface area contributed by atoms with Crippen LogP contribution in [0.15, 0.2) is 10.7 Å². The van der Waals surface area contributed by atoms with Gasteiger partial charge in [0.05, 0.1) is 23.3 Å². The van der Waals surface area contributed by atoms with E-state index in [1.54, 1.807) is 6.20 Å². The number of morpholine rings is 1. The van der Waals surface area contributed by atoms with Crippen molar-refractivity contribution in [1.29, 1.82) is 0 Å². The summed E-state index contributed by atoms with van der Waals surface area (Å²) in [4.78, 5) is 10.1. The van der Waals surface area contributed by atoms with Gasteiger partial charge in [0.2, 0.25) is 5.28 Å². The quantitative estimate of drug-likeness (QED) is 0.836. The average Bonchev–Trinajstić information content (AvgIpc) is 2.31. The van der Waals surface area contributed by atoms with Crippen LogP contribution < -0.4 is 4.90 Å². The standard InChI is InChI=1S/C10H13BrClN3O2/c1-6-3-15(4-7(5-16)17-6)9-8(11)2-13-10(12)14-9/h2,6-7,16H,3-5H2,1H3. The van der Waals surface area contributed by atoms with E-state index in [0.29, 0.717) is 13.1 Å². The summed E-state index contributed by atoms with van der Waals surface area (Å²) >= 11 is 9.19. The minimum absolute atomic E-state index is 0.00270. The molecule has 17 heavy (non-hydrogen) atoms. The molecule has 0 spiro atoms. The second-order valence-electron chi connectivity index (χ2n) is 3.97. The fourth-order valence-electron chi connectivity index (χ4n) is 1.88. The van der Waals surface area contributed by atoms with Crippen LogP contribution in [0, 0.1) is 0 Å². The van der Waals surface area contributed by atoms with Crippen LogP contribution in [0.2, 0.25) is 5.28 Å². The van der Waals surface area contributed by atoms with Gasteiger partial charge in [-0.15, -0.1) is 0 Å². The highest BCUT2D eigenvalue weighted by Crippen LogP contribution is 2.27. The molecule has 0 aliphatic carbocycles. The van der Waals surface area contributed by atoms with Crippen molar-refractivity contribution in [2.45, 2.75) is 19.1 Å². The Labute approximate surface area is 113 Å². The summed E-state index contributed by atoms with van der Waals surface area (Å²) < 4.78 is 6.36. The largest absolute Gasteiger partial charge is 0.394 e. The van der Waals surface area contributed by atoms with Crippen molar-refractivity contribution >= 4 is 33.3 Å². The van der Waals surface area contributed by atoms with Crippen LogP contribution in [0.3, 0.4) is 0 Å². The van der Waals surface area contributed by atoms with Gasteiger partial charge in [-0.2, -0.15) is 4.98 Å². The Morgan fingerprint density at radius 3 is 3.12 bits per heavy atom. The minimum Gasteiger partial charge on any atom is -0.394 e. The third-order valence-corrected chi connectivity index (χ3v) is 3.27. The monoisotopic (exact) mass is 321 g/mol. The van der Waals surface area contributed by atoms with Gasteiger partial charge in [0, 0.05) is 19.3 Å². The molecule has 0 aromatic carbocycles. The normalized spacial score (nSPS) is 25.1. The van der Waals surface area contributed by atoms with E-state index in [4.69, 9.17) is 16.3 Å². The zero-order valence-corrected chi connectivity index (χ0v) is 11.6. The van der Waals surface area contributed by atoms with Crippen molar-refractivity contribution in [2.24, 2.45) is 0 Å². The van der Waals surface area contributed by atoms with E-state index in [1.165, 1.54) is 0 Å². The maximum atomic E-state index is 9.18. The van der Waals surface area contributed by atoms with Crippen molar-refractivity contribution in [3.05, 3.63) is 16.0 Å². The minimum atomic E-state index is -0.195. The summed E-state index contributed by atoms with van der Waals surface area (Å²) in [5, 5.41) is 9.39. The summed E-state index contributed by atoms with van der Waals surface area (Å²) in [6.45, 7) is 3.26. The second kappa shape index (κ2) is 5.48. The first-order valence-electron chi connectivity index (χ1n) is 5.29. The van der Waals surface area contributed by atoms with Crippen LogP contribution in [-0.2, 0) is 4.74 Å². The number of hydrogen-bond donors (Lipinski definition) is 1. The summed E-state index contributed by atoms with van der Waals surface area (Å²) in [6, 6.07) is 0. The van der Waals surface area contributed by atoms with E-state index in [-0.39, 0.29) is 24.1 Å². The number of anilines is 1. The fourth-order valence-corrected chi connectivity index (χ4v) is 2.45. The third kappa shape index (κ3) is 3.07. The molecule has 0 amide bonds. The Bertz CT molecular complexity index is 407. The van der Waals surface area contributed by atoms with E-state index in [9.17, 15) is 5.11 Å². The van der Waals surface area contributed by atoms with E-state index < -0.39 is 0 Å². The number of hydrogen-bond acceptors (Lipinski definition) is 5. The van der Waals surface area contributed by atoms with Crippen molar-refractivity contribution in [3.8, 4) is 0 Å². The molecule has 1 aromatic rings. The van der Waals surface area contributed by atoms with Crippen LogP contribution in [0.1, 0.15) is 6.92 Å². The number of nitrogens with zero attached hydrogens (tertiary/aromatic N) is 3. The van der Waals surface area contributed by atoms with E-state index in [1.807, 2.05) is 11.8 Å². The first-order valence-corrected chi connectivity index (χ1v) is 6.46. The highest BCUT2D eigenvalue weighted by molar-refractivity contribution is 9.10. The van der Waals surface area contributed by atoms with E-state index in [0.717, 1.165) is 10.3 Å². The lowest BCUT2D eigenvalue weighted by molar-refractivity contribution is -0.0423. The predicted molar refractivity (Wildman–Crippen MR) is 68.4 cm³/mol. The molecule has 1 fully saturated rings. The molecule has 2 heterocycles. The number of aliphatic hydroxyl groups is 1. The first kappa shape index (κ1) is 13.0. The van der Waals surface area contributed by atoms with Gasteiger partial charge in [-0.25, -0.2) is 4.98 Å². The lowest BCUT2D eigenvalue weighted by Crippen LogP contribution is -2.48. The summed E-state index contributed by atoms with van der Waals surface area (Å²) in [7, 11) is 0. The van der Waals surface area contributed by atoms with Gasteiger partial charge in [-0.3, -0.25) is 0 Å². The molecule has 0 bridgehead atoms. The molecule has 1 aliphatic heterocycles. The SMILES string of the molecule is CC1CN(c2nc(Cl)ncc2Br)CC(CO)O1. The summed E-state index contributed by atoms with van der Waals surface area (Å²) in [5.74, 6) is 0.735. The number of aromatic nitrogens is 2. The Morgan fingerprint density at radius 2 is 2.41 bits per heavy atom. The molecule has 1 aromatic heterocycles. The molecular weight excluding hydrogens is 309 g/mol. The highest BCUT2D eigenvalue weighted by atomic mass is 79.9. The molecule has 2 unspecified atom stereocenters. The molecule has 1 aliphatic rings. The summed E-state index contributed by atoms with van der Waals surface area (Å²) in [5.41, 5.74) is 0. The van der Waals surface area contributed by atoms with Gasteiger partial charge >= 0.3 is 0 Å². The van der Waals surface area contributed by atoms with Crippen LogP contribution in [-0.4, -0.2) is 47.0 Å². The van der Waals surface area contributed by atoms with Crippen LogP contribution in [0.25, 0.3) is 0 Å². The topological polar surface area (TPSA) is 58.5 Å². The molecule has 5 nitrogen and oxygen atoms in total. The van der Waals surface area contributed by atoms with E-state index >= 15 is 0 Å². The summed E-state index contributed by atoms with van der Waals surface area (Å²) in [6.07, 6.45) is 1.47. The molecule has 2 atom stereocenters. The van der Waals surface area contributed by atoms with Crippen molar-refractivity contribution < 1.29 is 9.84 Å². The number of rotatable bonds is 2. The van der Waals surface area contributed by atoms with E-state index in [2.05, 4.69) is 25.9 Å². The number of aliphatic hydroxyl groups excluding tert-OH is 1. The molecule has 2 rings (SSSR count). The Hall–Kier alpha value is -0.430. The number of ether oxygens (including phenoxy) is 1. The van der Waals surface area contributed by atoms with Gasteiger partial charge in [0.1, 0.15) is 5.82 Å². The van der Waals surface area contributed by atoms with Gasteiger partial charge in [0.25, 0.3) is 0 Å². The third-order valence-electron chi connectivity index (χ3n) is 2.53. The van der Waals surface area contributed by atoms with Crippen molar-refractivity contribution in [1.82, 2.24) is 9.97 Å². The Kier molecular flexibility index (Phi) is 4.19. The molecule has 7 heteroatoms. The van der Waals surface area contributed by atoms with Gasteiger partial charge < -0.3 is 14.7 Å². The Morgan fingerprint density at radius 1 is 1.65 bits per heavy atom. The Balaban J connectivity index is 2.23. The van der Waals surface area contributed by atoms with Gasteiger partial charge in [-0.1, -0.05) is 0 Å². The lowest BCUT2D eigenvalue weighted by atomic mass is 10.2. The number of halogens is 2. The first-order chi connectivity index (χ1) is 8.10. The van der Waals surface area contributed by atoms with Crippen LogP contribution in [0.5, 0.6) is 0 Å².